The lowest BCUT2D eigenvalue weighted by Crippen LogP contribution is -2.52. The van der Waals surface area contributed by atoms with E-state index in [1.807, 2.05) is 34.2 Å². The standard InChI is InChI=1S/C19H22ClN5O2/c1-27-18-10-15(2-3-16(18)20)23-6-8-24(9-7-23)19(26)13-25-17-12-21-5-4-14(17)11-22-25/h2-5,10,12,22H,6-9,11,13H2,1H3. The first-order chi connectivity index (χ1) is 13.2. The molecule has 1 saturated heterocycles. The van der Waals surface area contributed by atoms with Crippen molar-refractivity contribution in [2.24, 2.45) is 0 Å². The second kappa shape index (κ2) is 7.62. The molecule has 27 heavy (non-hydrogen) atoms. The maximum Gasteiger partial charge on any atom is 0.243 e. The monoisotopic (exact) mass is 387 g/mol. The highest BCUT2D eigenvalue weighted by atomic mass is 35.5. The number of hydrogen-bond acceptors (Lipinski definition) is 6. The summed E-state index contributed by atoms with van der Waals surface area (Å²) in [6.45, 7) is 3.99. The van der Waals surface area contributed by atoms with Crippen molar-refractivity contribution in [3.63, 3.8) is 0 Å². The van der Waals surface area contributed by atoms with Gasteiger partial charge in [-0.05, 0) is 23.8 Å². The van der Waals surface area contributed by atoms with Gasteiger partial charge in [-0.2, -0.15) is 0 Å². The number of nitrogens with one attached hydrogen (secondary N) is 1. The zero-order valence-electron chi connectivity index (χ0n) is 15.2. The third kappa shape index (κ3) is 3.65. The first-order valence-electron chi connectivity index (χ1n) is 8.96. The average Bonchev–Trinajstić information content (AvgIpc) is 3.11. The fraction of sp³-hybridized carbons (Fsp3) is 0.368. The summed E-state index contributed by atoms with van der Waals surface area (Å²) in [5.74, 6) is 0.785. The number of pyridine rings is 1. The van der Waals surface area contributed by atoms with Gasteiger partial charge in [-0.1, -0.05) is 11.6 Å². The quantitative estimate of drug-likeness (QED) is 0.864. The topological polar surface area (TPSA) is 60.9 Å². The van der Waals surface area contributed by atoms with Gasteiger partial charge in [0.25, 0.3) is 0 Å². The van der Waals surface area contributed by atoms with Gasteiger partial charge in [0.05, 0.1) is 24.0 Å². The van der Waals surface area contributed by atoms with E-state index in [0.717, 1.165) is 31.0 Å². The minimum absolute atomic E-state index is 0.118. The Kier molecular flexibility index (Phi) is 5.05. The van der Waals surface area contributed by atoms with Crippen LogP contribution in [0.1, 0.15) is 5.56 Å². The van der Waals surface area contributed by atoms with Crippen molar-refractivity contribution >= 4 is 28.9 Å². The molecule has 0 radical (unpaired) electrons. The van der Waals surface area contributed by atoms with E-state index in [0.29, 0.717) is 30.4 Å². The number of methoxy groups -OCH3 is 1. The number of carbonyl (C=O) groups excluding carboxylic acids is 1. The Morgan fingerprint density at radius 2 is 2.07 bits per heavy atom. The molecule has 0 saturated carbocycles. The molecule has 3 heterocycles. The van der Waals surface area contributed by atoms with Crippen LogP contribution in [0, 0.1) is 0 Å². The van der Waals surface area contributed by atoms with Crippen LogP contribution in [-0.2, 0) is 11.3 Å². The minimum Gasteiger partial charge on any atom is -0.495 e. The Balaban J connectivity index is 1.35. The van der Waals surface area contributed by atoms with Crippen molar-refractivity contribution in [1.29, 1.82) is 0 Å². The largest absolute Gasteiger partial charge is 0.495 e. The van der Waals surface area contributed by atoms with Gasteiger partial charge >= 0.3 is 0 Å². The first kappa shape index (κ1) is 17.9. The predicted molar refractivity (Wildman–Crippen MR) is 105 cm³/mol. The molecule has 2 aromatic rings. The molecule has 1 aromatic heterocycles. The molecule has 142 valence electrons. The van der Waals surface area contributed by atoms with Gasteiger partial charge in [0.15, 0.2) is 0 Å². The lowest BCUT2D eigenvalue weighted by Gasteiger charge is -2.37. The van der Waals surface area contributed by atoms with E-state index in [9.17, 15) is 4.79 Å². The van der Waals surface area contributed by atoms with Crippen molar-refractivity contribution in [3.8, 4) is 5.75 Å². The molecule has 0 bridgehead atoms. The molecule has 2 aliphatic heterocycles. The number of hydrogen-bond donors (Lipinski definition) is 1. The number of benzene rings is 1. The molecule has 7 nitrogen and oxygen atoms in total. The van der Waals surface area contributed by atoms with Crippen LogP contribution < -0.4 is 20.1 Å². The average molecular weight is 388 g/mol. The summed E-state index contributed by atoms with van der Waals surface area (Å²) in [4.78, 5) is 21.0. The Hall–Kier alpha value is -2.51. The van der Waals surface area contributed by atoms with Crippen LogP contribution in [0.15, 0.2) is 36.7 Å². The van der Waals surface area contributed by atoms with Gasteiger partial charge in [0.2, 0.25) is 5.91 Å². The summed E-state index contributed by atoms with van der Waals surface area (Å²) >= 11 is 6.11. The SMILES string of the molecule is COc1cc(N2CCN(C(=O)CN3NCc4ccncc43)CC2)ccc1Cl. The van der Waals surface area contributed by atoms with Crippen LogP contribution in [0.5, 0.6) is 5.75 Å². The van der Waals surface area contributed by atoms with E-state index in [-0.39, 0.29) is 5.91 Å². The number of anilines is 2. The maximum absolute atomic E-state index is 12.7. The number of fused-ring (bicyclic) bond motifs is 1. The number of rotatable bonds is 4. The summed E-state index contributed by atoms with van der Waals surface area (Å²) < 4.78 is 5.30. The molecular weight excluding hydrogens is 366 g/mol. The van der Waals surface area contributed by atoms with Gasteiger partial charge in [-0.15, -0.1) is 0 Å². The van der Waals surface area contributed by atoms with Crippen LogP contribution in [-0.4, -0.2) is 55.6 Å². The van der Waals surface area contributed by atoms with Crippen molar-refractivity contribution in [2.45, 2.75) is 6.54 Å². The molecule has 8 heteroatoms. The molecule has 2 aliphatic rings. The zero-order chi connectivity index (χ0) is 18.8. The van der Waals surface area contributed by atoms with E-state index in [2.05, 4.69) is 15.3 Å². The van der Waals surface area contributed by atoms with E-state index in [1.165, 1.54) is 5.56 Å². The summed E-state index contributed by atoms with van der Waals surface area (Å²) in [5.41, 5.74) is 6.46. The normalized spacial score (nSPS) is 16.4. The van der Waals surface area contributed by atoms with Crippen LogP contribution in [0.25, 0.3) is 0 Å². The van der Waals surface area contributed by atoms with Gasteiger partial charge in [-0.3, -0.25) is 14.8 Å². The molecule has 0 spiro atoms. The summed E-state index contributed by atoms with van der Waals surface area (Å²) in [6.07, 6.45) is 3.57. The minimum atomic E-state index is 0.118. The fourth-order valence-corrected chi connectivity index (χ4v) is 3.70. The second-order valence-corrected chi connectivity index (χ2v) is 7.02. The van der Waals surface area contributed by atoms with E-state index >= 15 is 0 Å². The smallest absolute Gasteiger partial charge is 0.243 e. The molecule has 0 unspecified atom stereocenters. The van der Waals surface area contributed by atoms with Gasteiger partial charge in [-0.25, -0.2) is 5.43 Å². The molecule has 4 rings (SSSR count). The summed E-state index contributed by atoms with van der Waals surface area (Å²) in [5, 5.41) is 2.49. The Bertz CT molecular complexity index is 839. The Morgan fingerprint density at radius 3 is 2.85 bits per heavy atom. The highest BCUT2D eigenvalue weighted by Crippen LogP contribution is 2.30. The van der Waals surface area contributed by atoms with Crippen LogP contribution >= 0.6 is 11.6 Å². The highest BCUT2D eigenvalue weighted by molar-refractivity contribution is 6.32. The first-order valence-corrected chi connectivity index (χ1v) is 9.33. The predicted octanol–water partition coefficient (Wildman–Crippen LogP) is 1.92. The van der Waals surface area contributed by atoms with Crippen molar-refractivity contribution in [2.75, 3.05) is 49.7 Å². The highest BCUT2D eigenvalue weighted by Gasteiger charge is 2.26. The maximum atomic E-state index is 12.7. The van der Waals surface area contributed by atoms with E-state index < -0.39 is 0 Å². The molecule has 1 N–H and O–H groups in total. The van der Waals surface area contributed by atoms with Crippen LogP contribution in [0.3, 0.4) is 0 Å². The second-order valence-electron chi connectivity index (χ2n) is 6.61. The van der Waals surface area contributed by atoms with Gasteiger partial charge in [0, 0.05) is 50.7 Å². The third-order valence-electron chi connectivity index (χ3n) is 5.06. The molecule has 1 aromatic carbocycles. The number of aromatic nitrogens is 1. The van der Waals surface area contributed by atoms with Crippen molar-refractivity contribution in [1.82, 2.24) is 15.3 Å². The number of piperazine rings is 1. The lowest BCUT2D eigenvalue weighted by atomic mass is 10.2. The van der Waals surface area contributed by atoms with Gasteiger partial charge < -0.3 is 14.5 Å². The summed E-state index contributed by atoms with van der Waals surface area (Å²) in [7, 11) is 1.61. The van der Waals surface area contributed by atoms with Crippen molar-refractivity contribution in [3.05, 3.63) is 47.2 Å². The Morgan fingerprint density at radius 1 is 1.26 bits per heavy atom. The summed E-state index contributed by atoms with van der Waals surface area (Å²) in [6, 6.07) is 7.75. The number of hydrazine groups is 1. The fourth-order valence-electron chi connectivity index (χ4n) is 3.51. The number of amides is 1. The number of halogens is 1. The number of ether oxygens (including phenoxy) is 1. The molecule has 0 atom stereocenters. The number of carbonyl (C=O) groups is 1. The zero-order valence-corrected chi connectivity index (χ0v) is 15.9. The van der Waals surface area contributed by atoms with Crippen LogP contribution in [0.2, 0.25) is 5.02 Å². The molecule has 1 amide bonds. The lowest BCUT2D eigenvalue weighted by molar-refractivity contribution is -0.130. The van der Waals surface area contributed by atoms with E-state index in [1.54, 1.807) is 19.5 Å². The third-order valence-corrected chi connectivity index (χ3v) is 5.38. The molecule has 0 aliphatic carbocycles. The molecule has 1 fully saturated rings. The van der Waals surface area contributed by atoms with E-state index in [4.69, 9.17) is 16.3 Å². The number of nitrogens with zero attached hydrogens (tertiary/aromatic N) is 4. The van der Waals surface area contributed by atoms with Crippen LogP contribution in [0.4, 0.5) is 11.4 Å². The van der Waals surface area contributed by atoms with Gasteiger partial charge in [0.1, 0.15) is 12.3 Å². The van der Waals surface area contributed by atoms with Crippen molar-refractivity contribution < 1.29 is 9.53 Å². The Labute approximate surface area is 163 Å². The molecular formula is C19H22ClN5O2.